The minimum atomic E-state index is -0.403. The van der Waals surface area contributed by atoms with E-state index in [-0.39, 0.29) is 0 Å². The molecule has 146 valence electrons. The monoisotopic (exact) mass is 407 g/mol. The van der Waals surface area contributed by atoms with Crippen molar-refractivity contribution in [3.63, 3.8) is 0 Å². The lowest BCUT2D eigenvalue weighted by Crippen LogP contribution is -2.43. The molecule has 29 heavy (non-hydrogen) atoms. The van der Waals surface area contributed by atoms with Gasteiger partial charge < -0.3 is 19.0 Å². The molecular formula is C21H18ClN5O2. The minimum Gasteiger partial charge on any atom is -0.422 e. The number of benzene rings is 1. The van der Waals surface area contributed by atoms with Gasteiger partial charge in [-0.05, 0) is 31.5 Å². The van der Waals surface area contributed by atoms with Crippen LogP contribution < -0.4 is 15.8 Å². The van der Waals surface area contributed by atoms with Gasteiger partial charge >= 0.3 is 5.63 Å². The Kier molecular flexibility index (Phi) is 3.54. The van der Waals surface area contributed by atoms with E-state index in [2.05, 4.69) is 26.3 Å². The first kappa shape index (κ1) is 17.0. The van der Waals surface area contributed by atoms with Gasteiger partial charge in [-0.15, -0.1) is 0 Å². The molecule has 1 N–H and O–H groups in total. The number of hydrogen-bond donors (Lipinski definition) is 1. The van der Waals surface area contributed by atoms with Gasteiger partial charge in [0.2, 0.25) is 0 Å². The lowest BCUT2D eigenvalue weighted by Gasteiger charge is -2.29. The first-order valence-electron chi connectivity index (χ1n) is 9.65. The Bertz CT molecular complexity index is 1340. The van der Waals surface area contributed by atoms with Crippen molar-refractivity contribution < 1.29 is 4.42 Å². The third kappa shape index (κ3) is 2.65. The molecule has 5 heterocycles. The van der Waals surface area contributed by atoms with E-state index in [1.165, 1.54) is 6.42 Å². The number of imidazole rings is 1. The zero-order chi connectivity index (χ0) is 19.7. The largest absolute Gasteiger partial charge is 0.422 e. The molecule has 3 aromatic heterocycles. The smallest absolute Gasteiger partial charge is 0.345 e. The summed E-state index contributed by atoms with van der Waals surface area (Å²) < 4.78 is 7.47. The lowest BCUT2D eigenvalue weighted by atomic mass is 10.1. The predicted molar refractivity (Wildman–Crippen MR) is 112 cm³/mol. The van der Waals surface area contributed by atoms with Crippen LogP contribution in [0.4, 0.5) is 5.69 Å². The van der Waals surface area contributed by atoms with Crippen LogP contribution in [0.1, 0.15) is 12.1 Å². The molecule has 2 aliphatic rings. The number of anilines is 1. The van der Waals surface area contributed by atoms with Crippen LogP contribution >= 0.6 is 11.6 Å². The van der Waals surface area contributed by atoms with E-state index in [1.54, 1.807) is 16.8 Å². The maximum Gasteiger partial charge on any atom is 0.345 e. The molecule has 0 radical (unpaired) electrons. The molecule has 2 unspecified atom stereocenters. The second-order valence-electron chi connectivity index (χ2n) is 7.82. The summed E-state index contributed by atoms with van der Waals surface area (Å²) in [5.41, 5.74) is 3.63. The first-order chi connectivity index (χ1) is 14.0. The van der Waals surface area contributed by atoms with E-state index in [1.807, 2.05) is 25.1 Å². The van der Waals surface area contributed by atoms with Gasteiger partial charge in [-0.3, -0.25) is 0 Å². The lowest BCUT2D eigenvalue weighted by molar-refractivity contribution is 0.561. The maximum absolute atomic E-state index is 12.7. The number of fused-ring (bicyclic) bond motifs is 4. The molecule has 1 aromatic carbocycles. The van der Waals surface area contributed by atoms with E-state index < -0.39 is 5.63 Å². The number of aromatic nitrogens is 3. The van der Waals surface area contributed by atoms with Gasteiger partial charge in [0.25, 0.3) is 0 Å². The fourth-order valence-electron chi connectivity index (χ4n) is 4.58. The fourth-order valence-corrected chi connectivity index (χ4v) is 4.81. The minimum absolute atomic E-state index is 0.378. The molecule has 4 aromatic rings. The van der Waals surface area contributed by atoms with Crippen molar-refractivity contribution in [3.8, 4) is 11.3 Å². The van der Waals surface area contributed by atoms with Gasteiger partial charge in [0, 0.05) is 54.7 Å². The third-order valence-corrected chi connectivity index (χ3v) is 6.14. The van der Waals surface area contributed by atoms with Crippen LogP contribution in [0.2, 0.25) is 5.15 Å². The van der Waals surface area contributed by atoms with Gasteiger partial charge in [-0.1, -0.05) is 11.6 Å². The fraction of sp³-hybridized carbons (Fsp3) is 0.286. The highest BCUT2D eigenvalue weighted by atomic mass is 35.5. The Balaban J connectivity index is 1.44. The van der Waals surface area contributed by atoms with Crippen molar-refractivity contribution >= 4 is 33.9 Å². The Morgan fingerprint density at radius 3 is 2.93 bits per heavy atom. The number of rotatable bonds is 2. The van der Waals surface area contributed by atoms with Crippen LogP contribution in [-0.4, -0.2) is 39.5 Å². The first-order valence-corrected chi connectivity index (χ1v) is 10.0. The van der Waals surface area contributed by atoms with E-state index in [0.29, 0.717) is 45.4 Å². The van der Waals surface area contributed by atoms with Crippen molar-refractivity contribution in [1.82, 2.24) is 19.7 Å². The van der Waals surface area contributed by atoms with Crippen LogP contribution in [0.15, 0.2) is 45.9 Å². The van der Waals surface area contributed by atoms with E-state index in [9.17, 15) is 4.79 Å². The molecule has 2 bridgehead atoms. The SMILES string of the molecule is Cc1nc(Cl)cn2cc(-c3cc4ccc(N5CC6CC5CN6)cc4oc3=O)nc12. The number of nitrogens with zero attached hydrogens (tertiary/aromatic N) is 4. The highest BCUT2D eigenvalue weighted by Gasteiger charge is 2.37. The zero-order valence-corrected chi connectivity index (χ0v) is 16.5. The normalized spacial score (nSPS) is 21.0. The zero-order valence-electron chi connectivity index (χ0n) is 15.7. The molecular weight excluding hydrogens is 390 g/mol. The van der Waals surface area contributed by atoms with Crippen LogP contribution in [0.3, 0.4) is 0 Å². The molecule has 7 nitrogen and oxygen atoms in total. The quantitative estimate of drug-likeness (QED) is 0.515. The molecule has 8 heteroatoms. The molecule has 2 fully saturated rings. The second kappa shape index (κ2) is 6.05. The summed E-state index contributed by atoms with van der Waals surface area (Å²) in [6.07, 6.45) is 4.62. The molecule has 2 atom stereocenters. The maximum atomic E-state index is 12.7. The number of aryl methyl sites for hydroxylation is 1. The number of hydrogen-bond acceptors (Lipinski definition) is 6. The summed E-state index contributed by atoms with van der Waals surface area (Å²) in [5, 5.41) is 4.76. The molecule has 0 aliphatic carbocycles. The van der Waals surface area contributed by atoms with Gasteiger partial charge in [-0.25, -0.2) is 14.8 Å². The van der Waals surface area contributed by atoms with E-state index >= 15 is 0 Å². The summed E-state index contributed by atoms with van der Waals surface area (Å²) in [4.78, 5) is 23.9. The Morgan fingerprint density at radius 1 is 1.24 bits per heavy atom. The van der Waals surface area contributed by atoms with Crippen LogP contribution in [0, 0.1) is 6.92 Å². The predicted octanol–water partition coefficient (Wildman–Crippen LogP) is 3.02. The highest BCUT2D eigenvalue weighted by molar-refractivity contribution is 6.29. The molecule has 2 saturated heterocycles. The Labute approximate surface area is 170 Å². The van der Waals surface area contributed by atoms with Crippen molar-refractivity contribution in [2.75, 3.05) is 18.0 Å². The molecule has 0 saturated carbocycles. The van der Waals surface area contributed by atoms with E-state index in [0.717, 1.165) is 24.2 Å². The number of halogens is 1. The van der Waals surface area contributed by atoms with Crippen LogP contribution in [0.25, 0.3) is 27.9 Å². The average molecular weight is 408 g/mol. The molecule has 6 rings (SSSR count). The molecule has 0 amide bonds. The molecule has 2 aliphatic heterocycles. The van der Waals surface area contributed by atoms with Gasteiger partial charge in [0.05, 0.1) is 17.0 Å². The third-order valence-electron chi connectivity index (χ3n) is 5.96. The standard InChI is InChI=1S/C21H18ClN5O2/c1-11-20-25-17(9-26(20)10-19(22)24-11)16-4-12-2-3-14(6-18(12)29-21(16)28)27-8-13-5-15(27)7-23-13/h2-4,6,9-10,13,15,23H,5,7-8H2,1H3. The average Bonchev–Trinajstić information content (AvgIpc) is 3.42. The van der Waals surface area contributed by atoms with E-state index in [4.69, 9.17) is 16.0 Å². The van der Waals surface area contributed by atoms with Gasteiger partial charge in [0.15, 0.2) is 5.65 Å². The summed E-state index contributed by atoms with van der Waals surface area (Å²) in [6, 6.07) is 9.00. The van der Waals surface area contributed by atoms with Gasteiger partial charge in [0.1, 0.15) is 10.7 Å². The summed E-state index contributed by atoms with van der Waals surface area (Å²) >= 11 is 6.03. The highest BCUT2D eigenvalue weighted by Crippen LogP contribution is 2.32. The van der Waals surface area contributed by atoms with Crippen molar-refractivity contribution in [2.45, 2.75) is 25.4 Å². The topological polar surface area (TPSA) is 75.7 Å². The summed E-state index contributed by atoms with van der Waals surface area (Å²) in [6.45, 7) is 3.84. The van der Waals surface area contributed by atoms with Crippen LogP contribution in [-0.2, 0) is 0 Å². The van der Waals surface area contributed by atoms with Crippen molar-refractivity contribution in [1.29, 1.82) is 0 Å². The number of piperazine rings is 1. The number of nitrogens with one attached hydrogen (secondary N) is 1. The second-order valence-corrected chi connectivity index (χ2v) is 8.21. The van der Waals surface area contributed by atoms with Crippen LogP contribution in [0.5, 0.6) is 0 Å². The molecule has 0 spiro atoms. The summed E-state index contributed by atoms with van der Waals surface area (Å²) in [5.74, 6) is 0. The Hall–Kier alpha value is -2.90. The van der Waals surface area contributed by atoms with Crippen molar-refractivity contribution in [3.05, 3.63) is 57.9 Å². The Morgan fingerprint density at radius 2 is 2.14 bits per heavy atom. The summed E-state index contributed by atoms with van der Waals surface area (Å²) in [7, 11) is 0. The van der Waals surface area contributed by atoms with Crippen molar-refractivity contribution in [2.24, 2.45) is 0 Å². The van der Waals surface area contributed by atoms with Gasteiger partial charge in [-0.2, -0.15) is 0 Å².